The number of hydrogen-bond donors (Lipinski definition) is 1. The van der Waals surface area contributed by atoms with Crippen LogP contribution in [0.4, 0.5) is 0 Å². The Morgan fingerprint density at radius 1 is 1.50 bits per heavy atom. The first kappa shape index (κ1) is 13.8. The van der Waals surface area contributed by atoms with Gasteiger partial charge in [0.25, 0.3) is 0 Å². The van der Waals surface area contributed by atoms with E-state index in [4.69, 9.17) is 11.6 Å². The van der Waals surface area contributed by atoms with Crippen LogP contribution in [0.2, 0.25) is 5.15 Å². The molecule has 0 bridgehead atoms. The van der Waals surface area contributed by atoms with Crippen LogP contribution >= 0.6 is 11.6 Å². The Kier molecular flexibility index (Phi) is 4.30. The van der Waals surface area contributed by atoms with Gasteiger partial charge in [0.05, 0.1) is 12.2 Å². The highest BCUT2D eigenvalue weighted by molar-refractivity contribution is 6.29. The van der Waals surface area contributed by atoms with E-state index in [1.54, 1.807) is 6.20 Å². The van der Waals surface area contributed by atoms with E-state index < -0.39 is 0 Å². The topological polar surface area (TPSA) is 33.1 Å². The van der Waals surface area contributed by atoms with Crippen LogP contribution in [0.25, 0.3) is 0 Å². The fourth-order valence-corrected chi connectivity index (χ4v) is 2.85. The molecule has 0 radical (unpaired) electrons. The second-order valence-corrected chi connectivity index (χ2v) is 5.92. The lowest BCUT2D eigenvalue weighted by Crippen LogP contribution is -2.33. The molecule has 18 heavy (non-hydrogen) atoms. The van der Waals surface area contributed by atoms with E-state index in [-0.39, 0.29) is 0 Å². The van der Waals surface area contributed by atoms with E-state index in [0.717, 1.165) is 18.9 Å². The van der Waals surface area contributed by atoms with Crippen molar-refractivity contribution < 1.29 is 0 Å². The molecular weight excluding hydrogens is 248 g/mol. The molecule has 1 fully saturated rings. The molecule has 2 rings (SSSR count). The molecule has 0 saturated carbocycles. The SMILES string of the molecule is CC(C)NCC1CCN(C)C1c1ncc(Cl)n1C. The van der Waals surface area contributed by atoms with Crippen molar-refractivity contribution in [1.82, 2.24) is 19.8 Å². The molecule has 2 heterocycles. The Balaban J connectivity index is 2.15. The van der Waals surface area contributed by atoms with Gasteiger partial charge in [-0.25, -0.2) is 4.98 Å². The molecule has 0 aliphatic carbocycles. The number of nitrogens with one attached hydrogen (secondary N) is 1. The standard InChI is InChI=1S/C13H23ClN4/c1-9(2)15-7-10-5-6-17(3)12(10)13-16-8-11(14)18(13)4/h8-10,12,15H,5-7H2,1-4H3. The molecule has 1 N–H and O–H groups in total. The molecule has 1 aromatic rings. The third-order valence-corrected chi connectivity index (χ3v) is 4.15. The first-order chi connectivity index (χ1) is 8.50. The highest BCUT2D eigenvalue weighted by Crippen LogP contribution is 2.35. The maximum absolute atomic E-state index is 6.10. The maximum Gasteiger partial charge on any atom is 0.128 e. The van der Waals surface area contributed by atoms with Gasteiger partial charge in [-0.1, -0.05) is 25.4 Å². The summed E-state index contributed by atoms with van der Waals surface area (Å²) in [6.45, 7) is 6.54. The van der Waals surface area contributed by atoms with Gasteiger partial charge in [0.15, 0.2) is 0 Å². The lowest BCUT2D eigenvalue weighted by atomic mass is 9.99. The minimum absolute atomic E-state index is 0.369. The molecule has 0 spiro atoms. The Bertz CT molecular complexity index is 402. The van der Waals surface area contributed by atoms with Crippen LogP contribution in [0, 0.1) is 5.92 Å². The number of nitrogens with zero attached hydrogens (tertiary/aromatic N) is 3. The van der Waals surface area contributed by atoms with Crippen molar-refractivity contribution in [1.29, 1.82) is 0 Å². The van der Waals surface area contributed by atoms with Crippen molar-refractivity contribution >= 4 is 11.6 Å². The van der Waals surface area contributed by atoms with E-state index in [1.807, 2.05) is 11.6 Å². The van der Waals surface area contributed by atoms with Gasteiger partial charge in [-0.15, -0.1) is 0 Å². The van der Waals surface area contributed by atoms with Crippen molar-refractivity contribution in [2.45, 2.75) is 32.4 Å². The lowest BCUT2D eigenvalue weighted by Gasteiger charge is -2.25. The summed E-state index contributed by atoms with van der Waals surface area (Å²) in [4.78, 5) is 6.87. The summed E-state index contributed by atoms with van der Waals surface area (Å²) in [6.07, 6.45) is 2.96. The van der Waals surface area contributed by atoms with Gasteiger partial charge in [-0.3, -0.25) is 4.90 Å². The second kappa shape index (κ2) is 5.59. The first-order valence-electron chi connectivity index (χ1n) is 6.61. The zero-order valence-corrected chi connectivity index (χ0v) is 12.4. The predicted molar refractivity (Wildman–Crippen MR) is 74.8 cm³/mol. The smallest absolute Gasteiger partial charge is 0.128 e. The average molecular weight is 271 g/mol. The van der Waals surface area contributed by atoms with Gasteiger partial charge in [-0.05, 0) is 25.9 Å². The van der Waals surface area contributed by atoms with E-state index in [2.05, 4.69) is 36.1 Å². The van der Waals surface area contributed by atoms with Crippen molar-refractivity contribution in [3.63, 3.8) is 0 Å². The molecule has 1 aromatic heterocycles. The molecule has 2 unspecified atom stereocenters. The van der Waals surface area contributed by atoms with Crippen LogP contribution in [0.15, 0.2) is 6.20 Å². The quantitative estimate of drug-likeness (QED) is 0.909. The molecule has 1 saturated heterocycles. The van der Waals surface area contributed by atoms with E-state index in [1.165, 1.54) is 6.42 Å². The minimum Gasteiger partial charge on any atom is -0.321 e. The molecule has 0 amide bonds. The van der Waals surface area contributed by atoms with Crippen LogP contribution in [-0.2, 0) is 7.05 Å². The van der Waals surface area contributed by atoms with E-state index >= 15 is 0 Å². The number of likely N-dealkylation sites (tertiary alicyclic amines) is 1. The molecule has 1 aliphatic rings. The van der Waals surface area contributed by atoms with Gasteiger partial charge < -0.3 is 9.88 Å². The van der Waals surface area contributed by atoms with Crippen molar-refractivity contribution in [3.8, 4) is 0 Å². The number of hydrogen-bond acceptors (Lipinski definition) is 3. The van der Waals surface area contributed by atoms with Crippen molar-refractivity contribution in [3.05, 3.63) is 17.2 Å². The van der Waals surface area contributed by atoms with Crippen LogP contribution in [0.1, 0.15) is 32.1 Å². The van der Waals surface area contributed by atoms with Gasteiger partial charge >= 0.3 is 0 Å². The zero-order chi connectivity index (χ0) is 13.3. The Hall–Kier alpha value is -0.580. The van der Waals surface area contributed by atoms with E-state index in [9.17, 15) is 0 Å². The van der Waals surface area contributed by atoms with Gasteiger partial charge in [0.1, 0.15) is 11.0 Å². The second-order valence-electron chi connectivity index (χ2n) is 5.54. The summed E-state index contributed by atoms with van der Waals surface area (Å²) in [5.74, 6) is 1.69. The largest absolute Gasteiger partial charge is 0.321 e. The van der Waals surface area contributed by atoms with Gasteiger partial charge in [0, 0.05) is 19.6 Å². The van der Waals surface area contributed by atoms with Crippen LogP contribution in [-0.4, -0.2) is 40.6 Å². The maximum atomic E-state index is 6.10. The Morgan fingerprint density at radius 3 is 2.78 bits per heavy atom. The molecule has 5 heteroatoms. The highest BCUT2D eigenvalue weighted by Gasteiger charge is 2.35. The summed E-state index contributed by atoms with van der Waals surface area (Å²) in [6, 6.07) is 0.898. The normalized spacial score (nSPS) is 25.2. The number of aromatic nitrogens is 2. The van der Waals surface area contributed by atoms with Crippen molar-refractivity contribution in [2.75, 3.05) is 20.1 Å². The van der Waals surface area contributed by atoms with Crippen LogP contribution < -0.4 is 5.32 Å². The molecule has 4 nitrogen and oxygen atoms in total. The number of imidazole rings is 1. The Labute approximate surface area is 114 Å². The third-order valence-electron chi connectivity index (χ3n) is 3.79. The summed E-state index contributed by atoms with van der Waals surface area (Å²) < 4.78 is 2.00. The molecule has 2 atom stereocenters. The highest BCUT2D eigenvalue weighted by atomic mass is 35.5. The molecule has 102 valence electrons. The molecule has 0 aromatic carbocycles. The molecule has 1 aliphatic heterocycles. The fourth-order valence-electron chi connectivity index (χ4n) is 2.71. The molecular formula is C13H23ClN4. The lowest BCUT2D eigenvalue weighted by molar-refractivity contribution is 0.253. The summed E-state index contributed by atoms with van der Waals surface area (Å²) in [5, 5.41) is 4.25. The van der Waals surface area contributed by atoms with E-state index in [0.29, 0.717) is 23.2 Å². The first-order valence-corrected chi connectivity index (χ1v) is 6.99. The zero-order valence-electron chi connectivity index (χ0n) is 11.7. The van der Waals surface area contributed by atoms with Gasteiger partial charge in [0.2, 0.25) is 0 Å². The summed E-state index contributed by atoms with van der Waals surface area (Å²) in [5.41, 5.74) is 0. The average Bonchev–Trinajstić information content (AvgIpc) is 2.82. The van der Waals surface area contributed by atoms with Crippen LogP contribution in [0.5, 0.6) is 0 Å². The van der Waals surface area contributed by atoms with Gasteiger partial charge in [-0.2, -0.15) is 0 Å². The Morgan fingerprint density at radius 2 is 2.22 bits per heavy atom. The number of halogens is 1. The van der Waals surface area contributed by atoms with Crippen molar-refractivity contribution in [2.24, 2.45) is 13.0 Å². The summed E-state index contributed by atoms with van der Waals surface area (Å²) >= 11 is 6.10. The third kappa shape index (κ3) is 2.71. The number of rotatable bonds is 4. The monoisotopic (exact) mass is 270 g/mol. The van der Waals surface area contributed by atoms with Crippen LogP contribution in [0.3, 0.4) is 0 Å². The summed E-state index contributed by atoms with van der Waals surface area (Å²) in [7, 11) is 4.16. The predicted octanol–water partition coefficient (Wildman–Crippen LogP) is 2.06. The minimum atomic E-state index is 0.369. The fraction of sp³-hybridized carbons (Fsp3) is 0.769.